The molecular weight excluding hydrogens is 312 g/mol. The number of halogens is 1. The molecule has 0 radical (unpaired) electrons. The van der Waals surface area contributed by atoms with Crippen LogP contribution in [0, 0.1) is 18.3 Å². The number of piperidine rings is 1. The van der Waals surface area contributed by atoms with Crippen LogP contribution < -0.4 is 5.32 Å². The number of rotatable bonds is 3. The van der Waals surface area contributed by atoms with E-state index in [0.717, 1.165) is 31.5 Å². The molecule has 1 unspecified atom stereocenters. The van der Waals surface area contributed by atoms with E-state index in [-0.39, 0.29) is 11.8 Å². The Kier molecular flexibility index (Phi) is 5.35. The standard InChI is InChI=1S/C18H25ClN2O2/c1-12-6-5-9-21(11-12)17(23)18(3,4)16(22)20-14-8-7-13(2)15(19)10-14/h7-8,10,12H,5-6,9,11H2,1-4H3,(H,20,22). The van der Waals surface area contributed by atoms with Gasteiger partial charge in [-0.3, -0.25) is 9.59 Å². The lowest BCUT2D eigenvalue weighted by Crippen LogP contribution is -2.50. The number of nitrogens with one attached hydrogen (secondary N) is 1. The fraction of sp³-hybridized carbons (Fsp3) is 0.556. The summed E-state index contributed by atoms with van der Waals surface area (Å²) in [4.78, 5) is 27.2. The summed E-state index contributed by atoms with van der Waals surface area (Å²) in [6.07, 6.45) is 2.14. The molecule has 0 saturated carbocycles. The third kappa shape index (κ3) is 4.05. The van der Waals surface area contributed by atoms with Gasteiger partial charge in [-0.2, -0.15) is 0 Å². The molecule has 1 fully saturated rings. The van der Waals surface area contributed by atoms with E-state index < -0.39 is 5.41 Å². The number of likely N-dealkylation sites (tertiary alicyclic amines) is 1. The lowest BCUT2D eigenvalue weighted by Gasteiger charge is -2.36. The second-order valence-electron chi connectivity index (χ2n) is 7.04. The molecule has 0 aliphatic carbocycles. The molecule has 0 aromatic heterocycles. The number of hydrogen-bond donors (Lipinski definition) is 1. The number of anilines is 1. The zero-order valence-corrected chi connectivity index (χ0v) is 15.0. The molecule has 1 saturated heterocycles. The molecule has 1 aliphatic rings. The number of amides is 2. The summed E-state index contributed by atoms with van der Waals surface area (Å²) in [5, 5.41) is 3.40. The van der Waals surface area contributed by atoms with Crippen LogP contribution in [0.5, 0.6) is 0 Å². The normalized spacial score (nSPS) is 18.7. The van der Waals surface area contributed by atoms with Gasteiger partial charge in [-0.1, -0.05) is 24.6 Å². The second kappa shape index (κ2) is 6.91. The summed E-state index contributed by atoms with van der Waals surface area (Å²) in [7, 11) is 0. The van der Waals surface area contributed by atoms with Crippen LogP contribution >= 0.6 is 11.6 Å². The van der Waals surface area contributed by atoms with E-state index >= 15 is 0 Å². The van der Waals surface area contributed by atoms with Gasteiger partial charge in [0.15, 0.2) is 0 Å². The second-order valence-corrected chi connectivity index (χ2v) is 7.45. The molecule has 1 heterocycles. The van der Waals surface area contributed by atoms with E-state index in [1.54, 1.807) is 26.0 Å². The van der Waals surface area contributed by atoms with Crippen molar-refractivity contribution < 1.29 is 9.59 Å². The fourth-order valence-electron chi connectivity index (χ4n) is 2.82. The van der Waals surface area contributed by atoms with Crippen LogP contribution in [0.1, 0.15) is 39.2 Å². The molecule has 2 rings (SSSR count). The first-order valence-corrected chi connectivity index (χ1v) is 8.46. The van der Waals surface area contributed by atoms with Crippen LogP contribution in [-0.4, -0.2) is 29.8 Å². The Bertz CT molecular complexity index is 613. The highest BCUT2D eigenvalue weighted by atomic mass is 35.5. The molecule has 1 aliphatic heterocycles. The number of carbonyl (C=O) groups is 2. The summed E-state index contributed by atoms with van der Waals surface area (Å²) in [5.41, 5.74) is 0.454. The molecule has 0 spiro atoms. The number of hydrogen-bond acceptors (Lipinski definition) is 2. The maximum Gasteiger partial charge on any atom is 0.239 e. The third-order valence-electron chi connectivity index (χ3n) is 4.48. The van der Waals surface area contributed by atoms with Gasteiger partial charge in [0.05, 0.1) is 0 Å². The largest absolute Gasteiger partial charge is 0.342 e. The van der Waals surface area contributed by atoms with Crippen molar-refractivity contribution in [3.8, 4) is 0 Å². The van der Waals surface area contributed by atoms with Gasteiger partial charge >= 0.3 is 0 Å². The lowest BCUT2D eigenvalue weighted by molar-refractivity contribution is -0.147. The number of carbonyl (C=O) groups excluding carboxylic acids is 2. The van der Waals surface area contributed by atoms with Crippen molar-refractivity contribution in [1.82, 2.24) is 4.90 Å². The average Bonchev–Trinajstić information content (AvgIpc) is 2.50. The smallest absolute Gasteiger partial charge is 0.239 e. The highest BCUT2D eigenvalue weighted by Gasteiger charge is 2.40. The van der Waals surface area contributed by atoms with Gasteiger partial charge < -0.3 is 10.2 Å². The molecule has 1 aromatic carbocycles. The first-order valence-electron chi connectivity index (χ1n) is 8.09. The van der Waals surface area contributed by atoms with Crippen molar-refractivity contribution in [2.24, 2.45) is 11.3 Å². The molecule has 1 N–H and O–H groups in total. The van der Waals surface area contributed by atoms with Gasteiger partial charge in [0.1, 0.15) is 5.41 Å². The van der Waals surface area contributed by atoms with E-state index in [1.807, 2.05) is 17.9 Å². The minimum absolute atomic E-state index is 0.111. The first kappa shape index (κ1) is 17.8. The number of nitrogens with zero attached hydrogens (tertiary/aromatic N) is 1. The zero-order chi connectivity index (χ0) is 17.2. The molecule has 0 bridgehead atoms. The summed E-state index contributed by atoms with van der Waals surface area (Å²) < 4.78 is 0. The lowest BCUT2D eigenvalue weighted by atomic mass is 9.88. The molecule has 5 heteroatoms. The molecule has 4 nitrogen and oxygen atoms in total. The molecule has 23 heavy (non-hydrogen) atoms. The Labute approximate surface area is 143 Å². The zero-order valence-electron chi connectivity index (χ0n) is 14.3. The molecule has 1 aromatic rings. The maximum atomic E-state index is 12.8. The van der Waals surface area contributed by atoms with Crippen molar-refractivity contribution in [1.29, 1.82) is 0 Å². The van der Waals surface area contributed by atoms with Gasteiger partial charge in [0.2, 0.25) is 11.8 Å². The topological polar surface area (TPSA) is 49.4 Å². The molecule has 126 valence electrons. The molecule has 1 atom stereocenters. The van der Waals surface area contributed by atoms with Crippen molar-refractivity contribution in [3.05, 3.63) is 28.8 Å². The summed E-state index contributed by atoms with van der Waals surface area (Å²) in [6.45, 7) is 8.86. The van der Waals surface area contributed by atoms with E-state index in [9.17, 15) is 9.59 Å². The predicted octanol–water partition coefficient (Wildman–Crippen LogP) is 3.87. The van der Waals surface area contributed by atoms with E-state index in [0.29, 0.717) is 16.6 Å². The van der Waals surface area contributed by atoms with Crippen LogP contribution in [0.3, 0.4) is 0 Å². The highest BCUT2D eigenvalue weighted by Crippen LogP contribution is 2.27. The third-order valence-corrected chi connectivity index (χ3v) is 4.88. The first-order chi connectivity index (χ1) is 10.7. The van der Waals surface area contributed by atoms with Crippen LogP contribution in [0.25, 0.3) is 0 Å². The Hall–Kier alpha value is -1.55. The van der Waals surface area contributed by atoms with Gasteiger partial charge in [-0.25, -0.2) is 0 Å². The quantitative estimate of drug-likeness (QED) is 0.852. The maximum absolute atomic E-state index is 12.8. The highest BCUT2D eigenvalue weighted by molar-refractivity contribution is 6.31. The van der Waals surface area contributed by atoms with Gasteiger partial charge in [-0.15, -0.1) is 0 Å². The number of aryl methyl sites for hydroxylation is 1. The minimum atomic E-state index is -1.10. The van der Waals surface area contributed by atoms with Gasteiger partial charge in [0.25, 0.3) is 0 Å². The predicted molar refractivity (Wildman–Crippen MR) is 93.6 cm³/mol. The van der Waals surface area contributed by atoms with Crippen molar-refractivity contribution in [2.45, 2.75) is 40.5 Å². The van der Waals surface area contributed by atoms with Crippen LogP contribution in [-0.2, 0) is 9.59 Å². The van der Waals surface area contributed by atoms with Gasteiger partial charge in [-0.05, 0) is 57.2 Å². The van der Waals surface area contributed by atoms with E-state index in [1.165, 1.54) is 0 Å². The van der Waals surface area contributed by atoms with Gasteiger partial charge in [0, 0.05) is 23.8 Å². The van der Waals surface area contributed by atoms with Crippen molar-refractivity contribution in [3.63, 3.8) is 0 Å². The van der Waals surface area contributed by atoms with E-state index in [2.05, 4.69) is 12.2 Å². The van der Waals surface area contributed by atoms with Crippen LogP contribution in [0.15, 0.2) is 18.2 Å². The fourth-order valence-corrected chi connectivity index (χ4v) is 3.00. The molecular formula is C18H25ClN2O2. The SMILES string of the molecule is Cc1ccc(NC(=O)C(C)(C)C(=O)N2CCCC(C)C2)cc1Cl. The van der Waals surface area contributed by atoms with Crippen LogP contribution in [0.4, 0.5) is 5.69 Å². The Morgan fingerprint density at radius 2 is 2.04 bits per heavy atom. The summed E-state index contributed by atoms with van der Waals surface area (Å²) in [5.74, 6) is 0.0721. The number of benzene rings is 1. The molecule has 2 amide bonds. The Morgan fingerprint density at radius 1 is 1.35 bits per heavy atom. The Morgan fingerprint density at radius 3 is 2.65 bits per heavy atom. The monoisotopic (exact) mass is 336 g/mol. The average molecular weight is 337 g/mol. The summed E-state index contributed by atoms with van der Waals surface area (Å²) in [6, 6.07) is 5.35. The Balaban J connectivity index is 2.09. The minimum Gasteiger partial charge on any atom is -0.342 e. The van der Waals surface area contributed by atoms with Crippen molar-refractivity contribution in [2.75, 3.05) is 18.4 Å². The summed E-state index contributed by atoms with van der Waals surface area (Å²) >= 11 is 6.09. The van der Waals surface area contributed by atoms with Crippen LogP contribution in [0.2, 0.25) is 5.02 Å². The van der Waals surface area contributed by atoms with Crippen molar-refractivity contribution >= 4 is 29.1 Å². The van der Waals surface area contributed by atoms with E-state index in [4.69, 9.17) is 11.6 Å².